The molecule has 2 fully saturated rings. The molecule has 1 aliphatic carbocycles. The lowest BCUT2D eigenvalue weighted by atomic mass is 9.96. The lowest BCUT2D eigenvalue weighted by molar-refractivity contribution is -0.122. The molecule has 30 heavy (non-hydrogen) atoms. The van der Waals surface area contributed by atoms with Gasteiger partial charge in [-0.1, -0.05) is 25.1 Å². The number of likely N-dealkylation sites (tertiary alicyclic amines) is 1. The van der Waals surface area contributed by atoms with Crippen LogP contribution in [0.25, 0.3) is 0 Å². The van der Waals surface area contributed by atoms with Crippen LogP contribution in [0, 0.1) is 0 Å². The summed E-state index contributed by atoms with van der Waals surface area (Å²) in [6.07, 6.45) is 6.93. The standard InChI is InChI=1S/C23H37N5O2/c1-3-13-25-22(29)17-28-14-11-19(12-15-28)27-23(24-2)26-16-18-7-4-5-10-21(18)30-20-8-6-9-20/h4-5,7,10,19-20H,3,6,8-9,11-17H2,1-2H3,(H,25,29)(H2,24,26,27). The average Bonchev–Trinajstić information content (AvgIpc) is 2.74. The maximum absolute atomic E-state index is 11.9. The molecule has 1 amide bonds. The number of piperidine rings is 1. The Balaban J connectivity index is 1.41. The van der Waals surface area contributed by atoms with E-state index in [1.165, 1.54) is 6.42 Å². The van der Waals surface area contributed by atoms with Crippen LogP contribution in [0.2, 0.25) is 0 Å². The highest BCUT2D eigenvalue weighted by molar-refractivity contribution is 5.80. The number of para-hydroxylation sites is 1. The quantitative estimate of drug-likeness (QED) is 0.426. The minimum absolute atomic E-state index is 0.128. The van der Waals surface area contributed by atoms with Crippen molar-refractivity contribution >= 4 is 11.9 Å². The third-order valence-corrected chi connectivity index (χ3v) is 5.86. The number of aliphatic imine (C=N–C) groups is 1. The van der Waals surface area contributed by atoms with Gasteiger partial charge in [0.15, 0.2) is 5.96 Å². The first kappa shape index (κ1) is 22.4. The first-order valence-corrected chi connectivity index (χ1v) is 11.4. The van der Waals surface area contributed by atoms with Gasteiger partial charge in [0.2, 0.25) is 5.91 Å². The Morgan fingerprint density at radius 3 is 2.60 bits per heavy atom. The first-order valence-electron chi connectivity index (χ1n) is 11.4. The average molecular weight is 416 g/mol. The molecule has 1 heterocycles. The van der Waals surface area contributed by atoms with Crippen LogP contribution >= 0.6 is 0 Å². The molecular weight excluding hydrogens is 378 g/mol. The normalized spacial score (nSPS) is 18.5. The minimum atomic E-state index is 0.128. The Labute approximate surface area is 180 Å². The molecule has 0 bridgehead atoms. The molecule has 1 aromatic carbocycles. The second-order valence-electron chi connectivity index (χ2n) is 8.25. The van der Waals surface area contributed by atoms with Crippen LogP contribution in [0.4, 0.5) is 0 Å². The lowest BCUT2D eigenvalue weighted by Gasteiger charge is -2.32. The molecular formula is C23H37N5O2. The second kappa shape index (κ2) is 11.8. The summed E-state index contributed by atoms with van der Waals surface area (Å²) in [5, 5.41) is 9.92. The third-order valence-electron chi connectivity index (χ3n) is 5.86. The van der Waals surface area contributed by atoms with Gasteiger partial charge in [0, 0.05) is 44.8 Å². The van der Waals surface area contributed by atoms with Crippen molar-refractivity contribution in [1.29, 1.82) is 0 Å². The van der Waals surface area contributed by atoms with E-state index in [4.69, 9.17) is 4.74 Å². The Hall–Kier alpha value is -2.28. The number of carbonyl (C=O) groups excluding carboxylic acids is 1. The van der Waals surface area contributed by atoms with Crippen LogP contribution in [0.1, 0.15) is 51.0 Å². The van der Waals surface area contributed by atoms with E-state index in [1.807, 2.05) is 12.1 Å². The van der Waals surface area contributed by atoms with E-state index in [0.717, 1.165) is 69.0 Å². The number of rotatable bonds is 9. The van der Waals surface area contributed by atoms with Crippen molar-refractivity contribution in [3.8, 4) is 5.75 Å². The van der Waals surface area contributed by atoms with Crippen molar-refractivity contribution in [1.82, 2.24) is 20.9 Å². The zero-order valence-electron chi connectivity index (χ0n) is 18.5. The summed E-state index contributed by atoms with van der Waals surface area (Å²) in [7, 11) is 1.80. The number of benzene rings is 1. The van der Waals surface area contributed by atoms with Gasteiger partial charge in [0.05, 0.1) is 12.6 Å². The van der Waals surface area contributed by atoms with E-state index in [0.29, 0.717) is 25.2 Å². The number of nitrogens with zero attached hydrogens (tertiary/aromatic N) is 2. The van der Waals surface area contributed by atoms with Crippen molar-refractivity contribution in [3.05, 3.63) is 29.8 Å². The van der Waals surface area contributed by atoms with Crippen molar-refractivity contribution < 1.29 is 9.53 Å². The topological polar surface area (TPSA) is 78.0 Å². The van der Waals surface area contributed by atoms with Crippen LogP contribution in [0.3, 0.4) is 0 Å². The predicted molar refractivity (Wildman–Crippen MR) is 121 cm³/mol. The monoisotopic (exact) mass is 415 g/mol. The number of amides is 1. The van der Waals surface area contributed by atoms with Crippen LogP contribution < -0.4 is 20.7 Å². The fourth-order valence-electron chi connectivity index (χ4n) is 3.76. The van der Waals surface area contributed by atoms with E-state index in [-0.39, 0.29) is 5.91 Å². The van der Waals surface area contributed by atoms with Gasteiger partial charge in [-0.25, -0.2) is 0 Å². The second-order valence-corrected chi connectivity index (χ2v) is 8.25. The van der Waals surface area contributed by atoms with E-state index in [9.17, 15) is 4.79 Å². The van der Waals surface area contributed by atoms with Crippen molar-refractivity contribution in [2.75, 3.05) is 33.2 Å². The van der Waals surface area contributed by atoms with Gasteiger partial charge in [-0.05, 0) is 44.6 Å². The molecule has 0 radical (unpaired) electrons. The Kier molecular flexibility index (Phi) is 8.81. The first-order chi connectivity index (χ1) is 14.7. The lowest BCUT2D eigenvalue weighted by Crippen LogP contribution is -2.50. The summed E-state index contributed by atoms with van der Waals surface area (Å²) in [5.74, 6) is 1.91. The summed E-state index contributed by atoms with van der Waals surface area (Å²) in [6.45, 7) is 5.85. The van der Waals surface area contributed by atoms with E-state index < -0.39 is 0 Å². The van der Waals surface area contributed by atoms with E-state index >= 15 is 0 Å². The Morgan fingerprint density at radius 1 is 1.17 bits per heavy atom. The summed E-state index contributed by atoms with van der Waals surface area (Å²) >= 11 is 0. The summed E-state index contributed by atoms with van der Waals surface area (Å²) in [5.41, 5.74) is 1.15. The molecule has 1 aromatic rings. The minimum Gasteiger partial charge on any atom is -0.490 e. The predicted octanol–water partition coefficient (Wildman–Crippen LogP) is 2.27. The van der Waals surface area contributed by atoms with Gasteiger partial charge in [0.1, 0.15) is 5.75 Å². The van der Waals surface area contributed by atoms with Gasteiger partial charge in [0.25, 0.3) is 0 Å². The molecule has 0 atom stereocenters. The molecule has 0 spiro atoms. The number of carbonyl (C=O) groups is 1. The molecule has 3 N–H and O–H groups in total. The number of ether oxygens (including phenoxy) is 1. The van der Waals surface area contributed by atoms with Gasteiger partial charge >= 0.3 is 0 Å². The third kappa shape index (κ3) is 6.90. The smallest absolute Gasteiger partial charge is 0.234 e. The number of hydrogen-bond donors (Lipinski definition) is 3. The summed E-state index contributed by atoms with van der Waals surface area (Å²) in [6, 6.07) is 8.61. The molecule has 7 heteroatoms. The van der Waals surface area contributed by atoms with Crippen LogP contribution in [-0.4, -0.2) is 62.1 Å². The summed E-state index contributed by atoms with van der Waals surface area (Å²) < 4.78 is 6.13. The van der Waals surface area contributed by atoms with Gasteiger partial charge in [-0.15, -0.1) is 0 Å². The van der Waals surface area contributed by atoms with Gasteiger partial charge in [-0.3, -0.25) is 14.7 Å². The van der Waals surface area contributed by atoms with Gasteiger partial charge in [-0.2, -0.15) is 0 Å². The van der Waals surface area contributed by atoms with Crippen molar-refractivity contribution in [2.45, 2.75) is 64.1 Å². The van der Waals surface area contributed by atoms with Crippen LogP contribution in [0.15, 0.2) is 29.3 Å². The number of hydrogen-bond acceptors (Lipinski definition) is 4. The van der Waals surface area contributed by atoms with E-state index in [1.54, 1.807) is 7.05 Å². The number of guanidine groups is 1. The molecule has 1 aliphatic heterocycles. The molecule has 0 unspecified atom stereocenters. The Bertz CT molecular complexity index is 697. The van der Waals surface area contributed by atoms with Gasteiger partial charge < -0.3 is 20.7 Å². The van der Waals surface area contributed by atoms with Crippen LogP contribution in [0.5, 0.6) is 5.75 Å². The fraction of sp³-hybridized carbons (Fsp3) is 0.652. The molecule has 0 aromatic heterocycles. The van der Waals surface area contributed by atoms with Crippen LogP contribution in [-0.2, 0) is 11.3 Å². The molecule has 166 valence electrons. The largest absolute Gasteiger partial charge is 0.490 e. The molecule has 1 saturated heterocycles. The van der Waals surface area contributed by atoms with E-state index in [2.05, 4.69) is 44.9 Å². The maximum Gasteiger partial charge on any atom is 0.234 e. The SMILES string of the molecule is CCCNC(=O)CN1CCC(NC(=NC)NCc2ccccc2OC2CCC2)CC1. The Morgan fingerprint density at radius 2 is 1.93 bits per heavy atom. The zero-order valence-corrected chi connectivity index (χ0v) is 18.5. The van der Waals surface area contributed by atoms with Crippen molar-refractivity contribution in [2.24, 2.45) is 4.99 Å². The zero-order chi connectivity index (χ0) is 21.2. The highest BCUT2D eigenvalue weighted by Crippen LogP contribution is 2.27. The number of nitrogens with one attached hydrogen (secondary N) is 3. The highest BCUT2D eigenvalue weighted by Gasteiger charge is 2.22. The molecule has 3 rings (SSSR count). The highest BCUT2D eigenvalue weighted by atomic mass is 16.5. The summed E-state index contributed by atoms with van der Waals surface area (Å²) in [4.78, 5) is 18.5. The molecule has 2 aliphatic rings. The fourth-order valence-corrected chi connectivity index (χ4v) is 3.76. The molecule has 7 nitrogen and oxygen atoms in total. The van der Waals surface area contributed by atoms with Crippen molar-refractivity contribution in [3.63, 3.8) is 0 Å². The maximum atomic E-state index is 11.9. The molecule has 1 saturated carbocycles.